The Hall–Kier alpha value is -2.04. The van der Waals surface area contributed by atoms with Gasteiger partial charge in [0.05, 0.1) is 7.11 Å². The molecule has 5 heteroatoms. The minimum atomic E-state index is -0.433. The second kappa shape index (κ2) is 6.22. The van der Waals surface area contributed by atoms with E-state index < -0.39 is 12.1 Å². The molecule has 2 amide bonds. The maximum atomic E-state index is 12.1. The van der Waals surface area contributed by atoms with Gasteiger partial charge in [-0.2, -0.15) is 0 Å². The maximum Gasteiger partial charge on any atom is 0.410 e. The van der Waals surface area contributed by atoms with Crippen LogP contribution < -0.4 is 5.32 Å². The van der Waals surface area contributed by atoms with E-state index in [9.17, 15) is 9.59 Å². The number of carbonyl (C=O) groups excluding carboxylic acids is 2. The molecule has 1 aliphatic heterocycles. The molecule has 1 aromatic rings. The summed E-state index contributed by atoms with van der Waals surface area (Å²) in [5.74, 6) is -0.119. The molecule has 0 radical (unpaired) electrons. The van der Waals surface area contributed by atoms with Crippen LogP contribution >= 0.6 is 0 Å². The first kappa shape index (κ1) is 13.4. The first-order chi connectivity index (χ1) is 9.22. The Kier molecular flexibility index (Phi) is 4.39. The summed E-state index contributed by atoms with van der Waals surface area (Å²) in [7, 11) is 1.33. The third-order valence-electron chi connectivity index (χ3n) is 3.27. The normalized spacial score (nSPS) is 18.2. The highest BCUT2D eigenvalue weighted by Crippen LogP contribution is 2.18. The van der Waals surface area contributed by atoms with Crippen LogP contribution in [0, 0.1) is 0 Å². The van der Waals surface area contributed by atoms with Gasteiger partial charge in [-0.15, -0.1) is 0 Å². The average Bonchev–Trinajstić information content (AvgIpc) is 2.94. The molecule has 102 valence electrons. The SMILES string of the molecule is COC(=O)N1CCCC1C(=O)NCc1ccccc1. The van der Waals surface area contributed by atoms with Crippen LogP contribution in [0.15, 0.2) is 30.3 Å². The zero-order valence-corrected chi connectivity index (χ0v) is 11.0. The highest BCUT2D eigenvalue weighted by Gasteiger charge is 2.34. The summed E-state index contributed by atoms with van der Waals surface area (Å²) < 4.78 is 4.68. The summed E-state index contributed by atoms with van der Waals surface area (Å²) in [6.45, 7) is 1.06. The number of carbonyl (C=O) groups is 2. The molecular weight excluding hydrogens is 244 g/mol. The van der Waals surface area contributed by atoms with Crippen molar-refractivity contribution >= 4 is 12.0 Å². The van der Waals surface area contributed by atoms with E-state index in [0.717, 1.165) is 12.0 Å². The third kappa shape index (κ3) is 3.24. The zero-order chi connectivity index (χ0) is 13.7. The smallest absolute Gasteiger partial charge is 0.410 e. The Balaban J connectivity index is 1.90. The van der Waals surface area contributed by atoms with E-state index >= 15 is 0 Å². The van der Waals surface area contributed by atoms with Gasteiger partial charge >= 0.3 is 6.09 Å². The first-order valence-electron chi connectivity index (χ1n) is 6.38. The lowest BCUT2D eigenvalue weighted by atomic mass is 10.2. The van der Waals surface area contributed by atoms with Gasteiger partial charge in [-0.25, -0.2) is 4.79 Å². The fourth-order valence-electron chi connectivity index (χ4n) is 2.28. The lowest BCUT2D eigenvalue weighted by Gasteiger charge is -2.22. The number of ether oxygens (including phenoxy) is 1. The van der Waals surface area contributed by atoms with Gasteiger partial charge in [0.25, 0.3) is 0 Å². The second-order valence-corrected chi connectivity index (χ2v) is 4.52. The van der Waals surface area contributed by atoms with Crippen molar-refractivity contribution in [3.8, 4) is 0 Å². The molecule has 0 bridgehead atoms. The summed E-state index contributed by atoms with van der Waals surface area (Å²) in [4.78, 5) is 25.1. The number of hydrogen-bond acceptors (Lipinski definition) is 3. The van der Waals surface area contributed by atoms with Gasteiger partial charge in [0, 0.05) is 13.1 Å². The molecule has 19 heavy (non-hydrogen) atoms. The van der Waals surface area contributed by atoms with E-state index in [4.69, 9.17) is 0 Å². The van der Waals surface area contributed by atoms with Gasteiger partial charge in [0.15, 0.2) is 0 Å². The van der Waals surface area contributed by atoms with Gasteiger partial charge in [-0.3, -0.25) is 9.69 Å². The number of methoxy groups -OCH3 is 1. The Labute approximate surface area is 112 Å². The predicted molar refractivity (Wildman–Crippen MR) is 70.4 cm³/mol. The quantitative estimate of drug-likeness (QED) is 0.898. The van der Waals surface area contributed by atoms with E-state index in [1.54, 1.807) is 0 Å². The topological polar surface area (TPSA) is 58.6 Å². The molecule has 1 saturated heterocycles. The van der Waals surface area contributed by atoms with Crippen LogP contribution in [-0.2, 0) is 16.1 Å². The molecule has 0 saturated carbocycles. The van der Waals surface area contributed by atoms with Crippen molar-refractivity contribution in [1.29, 1.82) is 0 Å². The zero-order valence-electron chi connectivity index (χ0n) is 11.0. The number of nitrogens with zero attached hydrogens (tertiary/aromatic N) is 1. The van der Waals surface area contributed by atoms with Crippen LogP contribution in [0.1, 0.15) is 18.4 Å². The van der Waals surface area contributed by atoms with E-state index in [1.165, 1.54) is 12.0 Å². The number of rotatable bonds is 3. The Bertz CT molecular complexity index is 447. The van der Waals surface area contributed by atoms with Gasteiger partial charge < -0.3 is 10.1 Å². The van der Waals surface area contributed by atoms with Crippen molar-refractivity contribution in [2.45, 2.75) is 25.4 Å². The van der Waals surface area contributed by atoms with E-state index in [2.05, 4.69) is 10.1 Å². The van der Waals surface area contributed by atoms with Gasteiger partial charge in [0.1, 0.15) is 6.04 Å². The number of nitrogens with one attached hydrogen (secondary N) is 1. The molecule has 1 aromatic carbocycles. The maximum absolute atomic E-state index is 12.1. The van der Waals surface area contributed by atoms with Crippen LogP contribution in [0.2, 0.25) is 0 Å². The highest BCUT2D eigenvalue weighted by atomic mass is 16.5. The number of hydrogen-bond donors (Lipinski definition) is 1. The molecule has 0 aliphatic carbocycles. The molecule has 1 fully saturated rings. The van der Waals surface area contributed by atoms with Gasteiger partial charge in [-0.1, -0.05) is 30.3 Å². The lowest BCUT2D eigenvalue weighted by molar-refractivity contribution is -0.125. The first-order valence-corrected chi connectivity index (χ1v) is 6.38. The summed E-state index contributed by atoms with van der Waals surface area (Å²) in [6, 6.07) is 9.29. The Morgan fingerprint density at radius 3 is 2.79 bits per heavy atom. The third-order valence-corrected chi connectivity index (χ3v) is 3.27. The molecule has 1 heterocycles. The van der Waals surface area contributed by atoms with Crippen molar-refractivity contribution in [2.24, 2.45) is 0 Å². The Morgan fingerprint density at radius 2 is 2.11 bits per heavy atom. The summed E-state index contributed by atoms with van der Waals surface area (Å²) in [6.07, 6.45) is 1.09. The van der Waals surface area contributed by atoms with Crippen molar-refractivity contribution in [1.82, 2.24) is 10.2 Å². The monoisotopic (exact) mass is 262 g/mol. The molecule has 0 aromatic heterocycles. The molecule has 0 spiro atoms. The van der Waals surface area contributed by atoms with Crippen molar-refractivity contribution in [2.75, 3.05) is 13.7 Å². The molecule has 1 atom stereocenters. The fourth-order valence-corrected chi connectivity index (χ4v) is 2.28. The predicted octanol–water partition coefficient (Wildman–Crippen LogP) is 1.53. The molecule has 1 N–H and O–H groups in total. The standard InChI is InChI=1S/C14H18N2O3/c1-19-14(18)16-9-5-8-12(16)13(17)15-10-11-6-3-2-4-7-11/h2-4,6-7,12H,5,8-10H2,1H3,(H,15,17). The Morgan fingerprint density at radius 1 is 1.37 bits per heavy atom. The summed E-state index contributed by atoms with van der Waals surface area (Å²) in [5, 5.41) is 2.86. The van der Waals surface area contributed by atoms with Crippen LogP contribution in [0.4, 0.5) is 4.79 Å². The van der Waals surface area contributed by atoms with Crippen molar-refractivity contribution in [3.63, 3.8) is 0 Å². The number of amides is 2. The van der Waals surface area contributed by atoms with Crippen LogP contribution in [0.25, 0.3) is 0 Å². The van der Waals surface area contributed by atoms with E-state index in [1.807, 2.05) is 30.3 Å². The van der Waals surface area contributed by atoms with Crippen LogP contribution in [0.3, 0.4) is 0 Å². The highest BCUT2D eigenvalue weighted by molar-refractivity contribution is 5.86. The molecule has 1 unspecified atom stereocenters. The van der Waals surface area contributed by atoms with Crippen LogP contribution in [0.5, 0.6) is 0 Å². The van der Waals surface area contributed by atoms with E-state index in [0.29, 0.717) is 19.5 Å². The summed E-state index contributed by atoms with van der Waals surface area (Å²) >= 11 is 0. The average molecular weight is 262 g/mol. The summed E-state index contributed by atoms with van der Waals surface area (Å²) in [5.41, 5.74) is 1.04. The lowest BCUT2D eigenvalue weighted by Crippen LogP contribution is -2.45. The molecular formula is C14H18N2O3. The second-order valence-electron chi connectivity index (χ2n) is 4.52. The van der Waals surface area contributed by atoms with Crippen molar-refractivity contribution < 1.29 is 14.3 Å². The minimum absolute atomic E-state index is 0.119. The molecule has 2 rings (SSSR count). The molecule has 5 nitrogen and oxygen atoms in total. The van der Waals surface area contributed by atoms with Crippen molar-refractivity contribution in [3.05, 3.63) is 35.9 Å². The molecule has 1 aliphatic rings. The minimum Gasteiger partial charge on any atom is -0.453 e. The fraction of sp³-hybridized carbons (Fsp3) is 0.429. The van der Waals surface area contributed by atoms with Gasteiger partial charge in [-0.05, 0) is 18.4 Å². The number of likely N-dealkylation sites (tertiary alicyclic amines) is 1. The van der Waals surface area contributed by atoms with Crippen LogP contribution in [-0.4, -0.2) is 36.6 Å². The van der Waals surface area contributed by atoms with E-state index in [-0.39, 0.29) is 5.91 Å². The largest absolute Gasteiger partial charge is 0.453 e. The number of benzene rings is 1. The van der Waals surface area contributed by atoms with Gasteiger partial charge in [0.2, 0.25) is 5.91 Å².